The Morgan fingerprint density at radius 3 is 2.45 bits per heavy atom. The lowest BCUT2D eigenvalue weighted by atomic mass is 10.0. The lowest BCUT2D eigenvalue weighted by Crippen LogP contribution is -2.45. The van der Waals surface area contributed by atoms with Crippen molar-refractivity contribution in [2.24, 2.45) is 0 Å². The predicted octanol–water partition coefficient (Wildman–Crippen LogP) is 5.24. The van der Waals surface area contributed by atoms with Gasteiger partial charge in [0.15, 0.2) is 8.32 Å². The van der Waals surface area contributed by atoms with Gasteiger partial charge in [-0.05, 0) is 62.9 Å². The summed E-state index contributed by atoms with van der Waals surface area (Å²) in [6.07, 6.45) is 1.11. The Balaban J connectivity index is 2.29. The van der Waals surface area contributed by atoms with E-state index in [9.17, 15) is 10.0 Å². The molecule has 8 heteroatoms. The number of carbonyl (C=O) groups excluding carboxylic acids is 1. The van der Waals surface area contributed by atoms with Gasteiger partial charge in [0.2, 0.25) is 0 Å². The normalized spacial score (nSPS) is 16.6. The van der Waals surface area contributed by atoms with E-state index in [4.69, 9.17) is 14.6 Å². The minimum atomic E-state index is -1.94. The van der Waals surface area contributed by atoms with Crippen LogP contribution < -0.4 is 5.48 Å². The van der Waals surface area contributed by atoms with Crippen LogP contribution in [0.2, 0.25) is 18.1 Å². The van der Waals surface area contributed by atoms with Crippen molar-refractivity contribution in [1.82, 2.24) is 10.4 Å². The highest BCUT2D eigenvalue weighted by Crippen LogP contribution is 2.39. The van der Waals surface area contributed by atoms with Gasteiger partial charge in [-0.2, -0.15) is 0 Å². The average Bonchev–Trinajstić information content (AvgIpc) is 3.06. The third-order valence-corrected chi connectivity index (χ3v) is 10.8. The van der Waals surface area contributed by atoms with Crippen LogP contribution >= 0.6 is 0 Å². The molecule has 1 aromatic rings. The Kier molecular flexibility index (Phi) is 7.61. The number of rotatable bonds is 6. The molecule has 0 aromatic heterocycles. The second kappa shape index (κ2) is 9.30. The van der Waals surface area contributed by atoms with Gasteiger partial charge in [-0.3, -0.25) is 21.0 Å². The number of fused-ring (bicyclic) bond motifs is 1. The van der Waals surface area contributed by atoms with Crippen molar-refractivity contribution in [1.29, 1.82) is 5.41 Å². The minimum Gasteiger partial charge on any atom is -0.444 e. The SMILES string of the molecule is CC(C)(C)OC(=O)N(CCO[Si](C)(C)C(C)(C)C)C1CCc2c(C(=N)NO)cccc21. The van der Waals surface area contributed by atoms with Crippen LogP contribution in [0.1, 0.15) is 70.7 Å². The van der Waals surface area contributed by atoms with Gasteiger partial charge < -0.3 is 9.16 Å². The van der Waals surface area contributed by atoms with E-state index in [1.165, 1.54) is 0 Å². The second-order valence-corrected chi connectivity index (χ2v) is 15.5. The van der Waals surface area contributed by atoms with E-state index in [-0.39, 0.29) is 23.0 Å². The molecule has 1 amide bonds. The van der Waals surface area contributed by atoms with Crippen molar-refractivity contribution in [3.63, 3.8) is 0 Å². The molecule has 2 rings (SSSR count). The lowest BCUT2D eigenvalue weighted by Gasteiger charge is -2.38. The minimum absolute atomic E-state index is 0.0393. The van der Waals surface area contributed by atoms with Gasteiger partial charge in [-0.25, -0.2) is 4.79 Å². The summed E-state index contributed by atoms with van der Waals surface area (Å²) in [6, 6.07) is 5.51. The molecule has 7 nitrogen and oxygen atoms in total. The summed E-state index contributed by atoms with van der Waals surface area (Å²) in [5.41, 5.74) is 3.98. The standard InChI is InChI=1S/C23H39N3O4Si/c1-22(2,3)30-21(27)26(14-15-29-31(7,8)23(4,5)6)19-13-12-16-17(19)10-9-11-18(16)20(24)25-28/h9-11,19,28H,12-15H2,1-8H3,(H2,24,25). The smallest absolute Gasteiger partial charge is 0.410 e. The highest BCUT2D eigenvalue weighted by molar-refractivity contribution is 6.74. The van der Waals surface area contributed by atoms with Crippen LogP contribution in [-0.4, -0.2) is 49.1 Å². The summed E-state index contributed by atoms with van der Waals surface area (Å²) in [4.78, 5) is 14.9. The van der Waals surface area contributed by atoms with E-state index in [2.05, 4.69) is 33.9 Å². The molecule has 0 saturated carbocycles. The van der Waals surface area contributed by atoms with Gasteiger partial charge in [0.05, 0.1) is 12.6 Å². The Morgan fingerprint density at radius 2 is 1.90 bits per heavy atom. The number of ether oxygens (including phenoxy) is 1. The molecule has 0 heterocycles. The molecule has 3 N–H and O–H groups in total. The number of hydrogen-bond donors (Lipinski definition) is 3. The summed E-state index contributed by atoms with van der Waals surface area (Å²) in [7, 11) is -1.94. The van der Waals surface area contributed by atoms with Crippen LogP contribution in [0.4, 0.5) is 4.79 Å². The number of nitrogens with one attached hydrogen (secondary N) is 2. The second-order valence-electron chi connectivity index (χ2n) is 10.7. The van der Waals surface area contributed by atoms with Gasteiger partial charge in [0.1, 0.15) is 11.4 Å². The maximum atomic E-state index is 13.1. The van der Waals surface area contributed by atoms with Gasteiger partial charge in [0.25, 0.3) is 0 Å². The summed E-state index contributed by atoms with van der Waals surface area (Å²) >= 11 is 0. The van der Waals surface area contributed by atoms with Crippen LogP contribution in [0, 0.1) is 5.41 Å². The zero-order valence-electron chi connectivity index (χ0n) is 20.3. The first-order chi connectivity index (χ1) is 14.2. The van der Waals surface area contributed by atoms with Crippen molar-refractivity contribution in [2.75, 3.05) is 13.2 Å². The number of nitrogens with zero attached hydrogens (tertiary/aromatic N) is 1. The number of hydrogen-bond acceptors (Lipinski definition) is 5. The third-order valence-electron chi connectivity index (χ3n) is 6.23. The molecule has 1 unspecified atom stereocenters. The first kappa shape index (κ1) is 25.4. The maximum Gasteiger partial charge on any atom is 0.410 e. The highest BCUT2D eigenvalue weighted by atomic mass is 28.4. The van der Waals surface area contributed by atoms with Crippen LogP contribution in [0.5, 0.6) is 0 Å². The molecule has 0 aliphatic heterocycles. The molecular formula is C23H39N3O4Si. The predicted molar refractivity (Wildman–Crippen MR) is 125 cm³/mol. The average molecular weight is 450 g/mol. The fraction of sp³-hybridized carbons (Fsp3) is 0.652. The molecule has 1 aliphatic rings. The summed E-state index contributed by atoms with van der Waals surface area (Å²) in [6.45, 7) is 17.5. The van der Waals surface area contributed by atoms with Crippen molar-refractivity contribution in [3.8, 4) is 0 Å². The summed E-state index contributed by atoms with van der Waals surface area (Å²) in [5, 5.41) is 17.3. The van der Waals surface area contributed by atoms with Crippen molar-refractivity contribution in [2.45, 2.75) is 84.2 Å². The molecule has 0 saturated heterocycles. The molecule has 1 aromatic carbocycles. The number of benzene rings is 1. The van der Waals surface area contributed by atoms with Crippen LogP contribution in [0.25, 0.3) is 0 Å². The van der Waals surface area contributed by atoms with E-state index in [0.29, 0.717) is 18.7 Å². The molecule has 0 spiro atoms. The summed E-state index contributed by atoms with van der Waals surface area (Å²) in [5.74, 6) is -0.0393. The van der Waals surface area contributed by atoms with Crippen molar-refractivity contribution < 1.29 is 19.2 Å². The van der Waals surface area contributed by atoms with Gasteiger partial charge in [0, 0.05) is 12.1 Å². The number of hydroxylamine groups is 1. The molecule has 0 radical (unpaired) electrons. The van der Waals surface area contributed by atoms with Crippen LogP contribution in [-0.2, 0) is 15.6 Å². The molecule has 0 bridgehead atoms. The van der Waals surface area contributed by atoms with E-state index < -0.39 is 13.9 Å². The Bertz CT molecular complexity index is 812. The van der Waals surface area contributed by atoms with E-state index in [1.54, 1.807) is 4.90 Å². The zero-order chi connectivity index (χ0) is 23.6. The molecule has 31 heavy (non-hydrogen) atoms. The van der Waals surface area contributed by atoms with Crippen molar-refractivity contribution in [3.05, 3.63) is 34.9 Å². The fourth-order valence-corrected chi connectivity index (χ4v) is 4.60. The highest BCUT2D eigenvalue weighted by Gasteiger charge is 2.39. The quantitative estimate of drug-likeness (QED) is 0.239. The topological polar surface area (TPSA) is 94.9 Å². The monoisotopic (exact) mass is 449 g/mol. The Hall–Kier alpha value is -1.90. The largest absolute Gasteiger partial charge is 0.444 e. The van der Waals surface area contributed by atoms with Crippen LogP contribution in [0.3, 0.4) is 0 Å². The Morgan fingerprint density at radius 1 is 1.26 bits per heavy atom. The molecule has 1 aliphatic carbocycles. The molecule has 174 valence electrons. The number of amidine groups is 1. The van der Waals surface area contributed by atoms with Gasteiger partial charge in [-0.15, -0.1) is 0 Å². The first-order valence-corrected chi connectivity index (χ1v) is 13.8. The molecule has 0 fully saturated rings. The van der Waals surface area contributed by atoms with E-state index in [0.717, 1.165) is 24.0 Å². The lowest BCUT2D eigenvalue weighted by molar-refractivity contribution is 0.0125. The van der Waals surface area contributed by atoms with Crippen LogP contribution in [0.15, 0.2) is 18.2 Å². The van der Waals surface area contributed by atoms with Gasteiger partial charge in [-0.1, -0.05) is 39.0 Å². The van der Waals surface area contributed by atoms with Crippen molar-refractivity contribution >= 4 is 20.2 Å². The third kappa shape index (κ3) is 6.08. The Labute approximate surface area is 187 Å². The molecule has 1 atom stereocenters. The van der Waals surface area contributed by atoms with E-state index >= 15 is 0 Å². The zero-order valence-corrected chi connectivity index (χ0v) is 21.3. The summed E-state index contributed by atoms with van der Waals surface area (Å²) < 4.78 is 12.1. The first-order valence-electron chi connectivity index (χ1n) is 10.9. The van der Waals surface area contributed by atoms with E-state index in [1.807, 2.05) is 44.5 Å². The number of amides is 1. The maximum absolute atomic E-state index is 13.1. The molecular weight excluding hydrogens is 410 g/mol. The van der Waals surface area contributed by atoms with Gasteiger partial charge >= 0.3 is 6.09 Å². The fourth-order valence-electron chi connectivity index (χ4n) is 3.56. The number of carbonyl (C=O) groups is 1.